The Labute approximate surface area is 164 Å². The van der Waals surface area contributed by atoms with Crippen molar-refractivity contribution in [1.29, 1.82) is 0 Å². The van der Waals surface area contributed by atoms with Gasteiger partial charge in [0.15, 0.2) is 10.7 Å². The van der Waals surface area contributed by atoms with E-state index in [1.807, 2.05) is 0 Å². The Hall–Kier alpha value is -2.50. The number of anilines is 1. The average Bonchev–Trinajstić information content (AvgIpc) is 3.29. The fraction of sp³-hybridized carbons (Fsp3) is 0.353. The highest BCUT2D eigenvalue weighted by Gasteiger charge is 2.34. The number of thiazole rings is 1. The number of carbonyl (C=O) groups excluding carboxylic acids is 1. The molecule has 3 heterocycles. The Kier molecular flexibility index (Phi) is 4.81. The number of aryl methyl sites for hydroxylation is 1. The molecule has 11 heteroatoms. The van der Waals surface area contributed by atoms with Crippen molar-refractivity contribution in [2.45, 2.75) is 17.7 Å². The van der Waals surface area contributed by atoms with Crippen molar-refractivity contribution in [3.8, 4) is 0 Å². The molecule has 0 aliphatic carbocycles. The molecule has 9 nitrogen and oxygen atoms in total. The van der Waals surface area contributed by atoms with Gasteiger partial charge >= 0.3 is 5.76 Å². The van der Waals surface area contributed by atoms with Crippen LogP contribution in [0, 0.1) is 5.92 Å². The highest BCUT2D eigenvalue weighted by Crippen LogP contribution is 2.27. The summed E-state index contributed by atoms with van der Waals surface area (Å²) < 4.78 is 33.8. The second kappa shape index (κ2) is 7.15. The monoisotopic (exact) mass is 422 g/mol. The summed E-state index contributed by atoms with van der Waals surface area (Å²) in [5.74, 6) is -1.24. The zero-order chi connectivity index (χ0) is 19.9. The maximum Gasteiger partial charge on any atom is 0.419 e. The van der Waals surface area contributed by atoms with Gasteiger partial charge < -0.3 is 9.73 Å². The van der Waals surface area contributed by atoms with Crippen molar-refractivity contribution in [3.05, 3.63) is 40.3 Å². The maximum atomic E-state index is 13.1. The number of nitrogens with one attached hydrogen (secondary N) is 1. The van der Waals surface area contributed by atoms with Gasteiger partial charge in [0, 0.05) is 37.8 Å². The van der Waals surface area contributed by atoms with E-state index in [1.54, 1.807) is 24.7 Å². The Morgan fingerprint density at radius 2 is 2.21 bits per heavy atom. The lowest BCUT2D eigenvalue weighted by Crippen LogP contribution is -2.43. The molecule has 1 saturated heterocycles. The third-order valence-corrected chi connectivity index (χ3v) is 7.37. The van der Waals surface area contributed by atoms with Gasteiger partial charge in [-0.25, -0.2) is 18.2 Å². The van der Waals surface area contributed by atoms with E-state index in [-0.39, 0.29) is 22.9 Å². The smallest absolute Gasteiger partial charge is 0.408 e. The van der Waals surface area contributed by atoms with Crippen molar-refractivity contribution >= 4 is 43.5 Å². The Morgan fingerprint density at radius 3 is 2.96 bits per heavy atom. The SMILES string of the molecule is Cn1c(=O)oc2cc(S(=O)(=O)N3CCC[C@@H](C(=O)Nc4nccs4)C3)ccc21. The second-order valence-corrected chi connectivity index (χ2v) is 9.42. The van der Waals surface area contributed by atoms with E-state index < -0.39 is 21.7 Å². The lowest BCUT2D eigenvalue weighted by molar-refractivity contribution is -0.120. The van der Waals surface area contributed by atoms with Crippen LogP contribution in [-0.2, 0) is 21.9 Å². The van der Waals surface area contributed by atoms with E-state index in [1.165, 1.54) is 32.3 Å². The molecular weight excluding hydrogens is 404 g/mol. The van der Waals surface area contributed by atoms with Gasteiger partial charge in [-0.3, -0.25) is 9.36 Å². The first-order valence-corrected chi connectivity index (χ1v) is 11.0. The van der Waals surface area contributed by atoms with Gasteiger partial charge in [0.1, 0.15) is 0 Å². The van der Waals surface area contributed by atoms with Crippen LogP contribution in [0.25, 0.3) is 11.1 Å². The number of hydrogen-bond acceptors (Lipinski definition) is 7. The van der Waals surface area contributed by atoms with Crippen LogP contribution in [0.15, 0.2) is 43.9 Å². The molecule has 4 rings (SSSR count). The minimum atomic E-state index is -3.82. The number of nitrogens with zero attached hydrogens (tertiary/aromatic N) is 3. The van der Waals surface area contributed by atoms with Crippen LogP contribution in [-0.4, -0.2) is 41.3 Å². The Morgan fingerprint density at radius 1 is 1.39 bits per heavy atom. The predicted molar refractivity (Wildman–Crippen MR) is 104 cm³/mol. The number of amides is 1. The molecule has 1 atom stereocenters. The van der Waals surface area contributed by atoms with E-state index in [4.69, 9.17) is 4.42 Å². The van der Waals surface area contributed by atoms with Crippen LogP contribution >= 0.6 is 11.3 Å². The van der Waals surface area contributed by atoms with Gasteiger partial charge in [0.25, 0.3) is 0 Å². The van der Waals surface area contributed by atoms with E-state index in [2.05, 4.69) is 10.3 Å². The third-order valence-electron chi connectivity index (χ3n) is 4.82. The van der Waals surface area contributed by atoms with Gasteiger partial charge in [-0.2, -0.15) is 4.31 Å². The first-order chi connectivity index (χ1) is 13.4. The van der Waals surface area contributed by atoms with E-state index in [0.29, 0.717) is 30.0 Å². The normalized spacial score (nSPS) is 18.4. The molecule has 0 saturated carbocycles. The molecule has 28 heavy (non-hydrogen) atoms. The number of rotatable bonds is 4. The van der Waals surface area contributed by atoms with E-state index in [0.717, 1.165) is 0 Å². The molecule has 1 fully saturated rings. The summed E-state index contributed by atoms with van der Waals surface area (Å²) >= 11 is 1.31. The van der Waals surface area contributed by atoms with Crippen LogP contribution in [0.5, 0.6) is 0 Å². The van der Waals surface area contributed by atoms with E-state index in [9.17, 15) is 18.0 Å². The number of benzene rings is 1. The van der Waals surface area contributed by atoms with Gasteiger partial charge in [-0.15, -0.1) is 11.3 Å². The fourth-order valence-electron chi connectivity index (χ4n) is 3.29. The van der Waals surface area contributed by atoms with Crippen molar-refractivity contribution in [2.75, 3.05) is 18.4 Å². The number of aromatic nitrogens is 2. The minimum absolute atomic E-state index is 0.0373. The van der Waals surface area contributed by atoms with Gasteiger partial charge in [0.05, 0.1) is 16.3 Å². The van der Waals surface area contributed by atoms with Crippen LogP contribution in [0.3, 0.4) is 0 Å². The standard InChI is InChI=1S/C17H18N4O5S2/c1-20-13-5-4-12(9-14(13)26-17(20)23)28(24,25)21-7-2-3-11(10-21)15(22)19-16-18-6-8-27-16/h4-6,8-9,11H,2-3,7,10H2,1H3,(H,18,19,22)/t11-/m1/s1. The number of hydrogen-bond donors (Lipinski definition) is 1. The van der Waals surface area contributed by atoms with Crippen LogP contribution < -0.4 is 11.1 Å². The molecule has 0 spiro atoms. The van der Waals surface area contributed by atoms with Crippen LogP contribution in [0.4, 0.5) is 5.13 Å². The summed E-state index contributed by atoms with van der Waals surface area (Å²) in [5.41, 5.74) is 0.729. The average molecular weight is 422 g/mol. The summed E-state index contributed by atoms with van der Waals surface area (Å²) in [4.78, 5) is 28.2. The van der Waals surface area contributed by atoms with Crippen molar-refractivity contribution in [1.82, 2.24) is 13.9 Å². The Balaban J connectivity index is 1.56. The van der Waals surface area contributed by atoms with Crippen molar-refractivity contribution < 1.29 is 17.6 Å². The largest absolute Gasteiger partial charge is 0.419 e. The first kappa shape index (κ1) is 18.8. The van der Waals surface area contributed by atoms with Crippen LogP contribution in [0.1, 0.15) is 12.8 Å². The van der Waals surface area contributed by atoms with E-state index >= 15 is 0 Å². The number of fused-ring (bicyclic) bond motifs is 1. The topological polar surface area (TPSA) is 115 Å². The molecule has 1 amide bonds. The molecule has 0 bridgehead atoms. The van der Waals surface area contributed by atoms with Crippen LogP contribution in [0.2, 0.25) is 0 Å². The molecule has 1 aliphatic heterocycles. The highest BCUT2D eigenvalue weighted by atomic mass is 32.2. The molecule has 1 aliphatic rings. The summed E-state index contributed by atoms with van der Waals surface area (Å²) in [6.07, 6.45) is 2.78. The number of oxazole rings is 1. The van der Waals surface area contributed by atoms with Gasteiger partial charge in [-0.1, -0.05) is 0 Å². The maximum absolute atomic E-state index is 13.1. The number of sulfonamides is 1. The molecule has 0 radical (unpaired) electrons. The summed E-state index contributed by atoms with van der Waals surface area (Å²) in [5, 5.41) is 4.98. The zero-order valence-electron chi connectivity index (χ0n) is 15.0. The van der Waals surface area contributed by atoms with Gasteiger partial charge in [0.2, 0.25) is 15.9 Å². The molecule has 3 aromatic rings. The molecule has 148 valence electrons. The zero-order valence-corrected chi connectivity index (χ0v) is 16.6. The molecule has 1 aromatic carbocycles. The quantitative estimate of drug-likeness (QED) is 0.683. The lowest BCUT2D eigenvalue weighted by Gasteiger charge is -2.31. The van der Waals surface area contributed by atoms with Gasteiger partial charge in [-0.05, 0) is 25.0 Å². The highest BCUT2D eigenvalue weighted by molar-refractivity contribution is 7.89. The second-order valence-electron chi connectivity index (χ2n) is 6.59. The molecular formula is C17H18N4O5S2. The lowest BCUT2D eigenvalue weighted by atomic mass is 9.99. The van der Waals surface area contributed by atoms with Crippen molar-refractivity contribution in [3.63, 3.8) is 0 Å². The van der Waals surface area contributed by atoms with Crippen molar-refractivity contribution in [2.24, 2.45) is 13.0 Å². The predicted octanol–water partition coefficient (Wildman–Crippen LogP) is 1.63. The first-order valence-electron chi connectivity index (χ1n) is 8.66. The summed E-state index contributed by atoms with van der Waals surface area (Å²) in [6.45, 7) is 0.427. The third kappa shape index (κ3) is 3.36. The number of carbonyl (C=O) groups is 1. The molecule has 2 aromatic heterocycles. The molecule has 0 unspecified atom stereocenters. The minimum Gasteiger partial charge on any atom is -0.408 e. The summed E-state index contributed by atoms with van der Waals surface area (Å²) in [6, 6.07) is 4.35. The fourth-order valence-corrected chi connectivity index (χ4v) is 5.36. The summed E-state index contributed by atoms with van der Waals surface area (Å²) in [7, 11) is -2.26. The Bertz CT molecular complexity index is 1180. The number of piperidine rings is 1. The molecule has 1 N–H and O–H groups in total.